The van der Waals surface area contributed by atoms with E-state index < -0.39 is 35.3 Å². The molecule has 0 fully saturated rings. The van der Waals surface area contributed by atoms with Crippen LogP contribution in [0.4, 0.5) is 4.79 Å². The molecule has 2 atom stereocenters. The number of carbonyl (C=O) groups is 3. The molecule has 134 valence electrons. The highest BCUT2D eigenvalue weighted by Gasteiger charge is 2.24. The largest absolute Gasteiger partial charge is 0.458 e. The Morgan fingerprint density at radius 1 is 0.870 bits per heavy atom. The third-order valence-electron chi connectivity index (χ3n) is 2.39. The molecule has 0 unspecified atom stereocenters. The van der Waals surface area contributed by atoms with E-state index in [1.807, 2.05) is 0 Å². The van der Waals surface area contributed by atoms with Gasteiger partial charge in [-0.1, -0.05) is 0 Å². The average molecular weight is 330 g/mol. The van der Waals surface area contributed by atoms with Gasteiger partial charge in [0.2, 0.25) is 5.91 Å². The van der Waals surface area contributed by atoms with E-state index in [4.69, 9.17) is 9.47 Å². The number of alkyl carbamates (subject to hydrolysis) is 1. The van der Waals surface area contributed by atoms with Crippen LogP contribution in [0.25, 0.3) is 0 Å². The Bertz CT molecular complexity index is 435. The number of carbonyl (C=O) groups excluding carboxylic acids is 3. The number of hydrogen-bond donors (Lipinski definition) is 2. The van der Waals surface area contributed by atoms with E-state index in [0.29, 0.717) is 0 Å². The van der Waals surface area contributed by atoms with E-state index in [2.05, 4.69) is 10.6 Å². The smallest absolute Gasteiger partial charge is 0.407 e. The number of esters is 1. The lowest BCUT2D eigenvalue weighted by Gasteiger charge is -2.23. The Hall–Kier alpha value is -1.79. The molecule has 0 aliphatic carbocycles. The van der Waals surface area contributed by atoms with E-state index in [0.717, 1.165) is 0 Å². The number of hydrogen-bond acceptors (Lipinski definition) is 5. The predicted molar refractivity (Wildman–Crippen MR) is 86.9 cm³/mol. The first-order chi connectivity index (χ1) is 10.2. The Morgan fingerprint density at radius 3 is 1.78 bits per heavy atom. The molecule has 0 radical (unpaired) electrons. The average Bonchev–Trinajstić information content (AvgIpc) is 2.22. The molecule has 0 aliphatic rings. The Balaban J connectivity index is 4.28. The first-order valence-electron chi connectivity index (χ1n) is 7.71. The topological polar surface area (TPSA) is 93.7 Å². The van der Waals surface area contributed by atoms with Crippen LogP contribution in [0.1, 0.15) is 61.8 Å². The first kappa shape index (κ1) is 21.2. The summed E-state index contributed by atoms with van der Waals surface area (Å²) in [5.74, 6) is -0.856. The minimum atomic E-state index is -0.754. The second kappa shape index (κ2) is 8.17. The van der Waals surface area contributed by atoms with Crippen molar-refractivity contribution in [2.75, 3.05) is 0 Å². The SMILES string of the molecule is C[C@H](NC(=O)C[C@H](C)NC(=O)OC(C)(C)C)C(=O)OC(C)(C)C. The molecular formula is C16H30N2O5. The second-order valence-corrected chi connectivity index (χ2v) is 7.57. The highest BCUT2D eigenvalue weighted by molar-refractivity contribution is 5.84. The van der Waals surface area contributed by atoms with Crippen LogP contribution in [-0.4, -0.2) is 41.3 Å². The van der Waals surface area contributed by atoms with Crippen LogP contribution in [0.15, 0.2) is 0 Å². The van der Waals surface area contributed by atoms with Gasteiger partial charge >= 0.3 is 12.1 Å². The molecule has 0 spiro atoms. The summed E-state index contributed by atoms with van der Waals surface area (Å²) in [5.41, 5.74) is -1.21. The molecule has 7 nitrogen and oxygen atoms in total. The fraction of sp³-hybridized carbons (Fsp3) is 0.812. The Labute approximate surface area is 138 Å². The van der Waals surface area contributed by atoms with Crippen LogP contribution in [0.5, 0.6) is 0 Å². The lowest BCUT2D eigenvalue weighted by atomic mass is 10.2. The van der Waals surface area contributed by atoms with Crippen molar-refractivity contribution in [1.82, 2.24) is 10.6 Å². The molecule has 0 aliphatic heterocycles. The summed E-state index contributed by atoms with van der Waals surface area (Å²) >= 11 is 0. The van der Waals surface area contributed by atoms with Gasteiger partial charge in [0, 0.05) is 12.5 Å². The molecular weight excluding hydrogens is 300 g/mol. The van der Waals surface area contributed by atoms with E-state index in [1.54, 1.807) is 55.4 Å². The van der Waals surface area contributed by atoms with Crippen molar-refractivity contribution in [2.45, 2.75) is 85.1 Å². The van der Waals surface area contributed by atoms with Crippen molar-refractivity contribution in [3.8, 4) is 0 Å². The minimum absolute atomic E-state index is 0.0341. The zero-order valence-corrected chi connectivity index (χ0v) is 15.4. The summed E-state index contributed by atoms with van der Waals surface area (Å²) in [4.78, 5) is 35.3. The van der Waals surface area contributed by atoms with Gasteiger partial charge in [0.25, 0.3) is 0 Å². The number of amides is 2. The molecule has 2 amide bonds. The number of nitrogens with one attached hydrogen (secondary N) is 2. The number of rotatable bonds is 5. The summed E-state index contributed by atoms with van der Waals surface area (Å²) in [6, 6.07) is -1.17. The van der Waals surface area contributed by atoms with E-state index in [9.17, 15) is 14.4 Å². The molecule has 2 N–H and O–H groups in total. The quantitative estimate of drug-likeness (QED) is 0.753. The summed E-state index contributed by atoms with van der Waals surface area (Å²) in [7, 11) is 0. The molecule has 0 saturated carbocycles. The van der Waals surface area contributed by atoms with E-state index in [1.165, 1.54) is 0 Å². The molecule has 0 aromatic carbocycles. The zero-order chi connectivity index (χ0) is 18.4. The van der Waals surface area contributed by atoms with Crippen molar-refractivity contribution in [3.63, 3.8) is 0 Å². The molecule has 0 rings (SSSR count). The maximum Gasteiger partial charge on any atom is 0.407 e. The van der Waals surface area contributed by atoms with Gasteiger partial charge < -0.3 is 20.1 Å². The summed E-state index contributed by atoms with van der Waals surface area (Å²) < 4.78 is 10.3. The second-order valence-electron chi connectivity index (χ2n) is 7.57. The van der Waals surface area contributed by atoms with Gasteiger partial charge in [-0.25, -0.2) is 9.59 Å². The van der Waals surface area contributed by atoms with Crippen molar-refractivity contribution < 1.29 is 23.9 Å². The summed E-state index contributed by atoms with van der Waals surface area (Å²) in [6.07, 6.45) is -0.551. The Kier molecular flexibility index (Phi) is 7.54. The van der Waals surface area contributed by atoms with Crippen LogP contribution in [0.3, 0.4) is 0 Å². The highest BCUT2D eigenvalue weighted by atomic mass is 16.6. The third-order valence-corrected chi connectivity index (χ3v) is 2.39. The zero-order valence-electron chi connectivity index (χ0n) is 15.4. The fourth-order valence-electron chi connectivity index (χ4n) is 1.59. The first-order valence-corrected chi connectivity index (χ1v) is 7.71. The van der Waals surface area contributed by atoms with Crippen molar-refractivity contribution in [1.29, 1.82) is 0 Å². The summed E-state index contributed by atoms with van der Waals surface area (Å²) in [5, 5.41) is 5.12. The molecule has 7 heteroatoms. The van der Waals surface area contributed by atoms with E-state index >= 15 is 0 Å². The standard InChI is InChI=1S/C16H30N2O5/c1-10(17-14(21)23-16(6,7)8)9-12(19)18-11(2)13(20)22-15(3,4)5/h10-11H,9H2,1-8H3,(H,17,21)(H,18,19)/t10-,11-/m0/s1. The van der Waals surface area contributed by atoms with Crippen LogP contribution in [-0.2, 0) is 19.1 Å². The van der Waals surface area contributed by atoms with Gasteiger partial charge in [-0.2, -0.15) is 0 Å². The molecule has 0 saturated heterocycles. The lowest BCUT2D eigenvalue weighted by Crippen LogP contribution is -2.45. The molecule has 0 bridgehead atoms. The predicted octanol–water partition coefficient (Wildman–Crippen LogP) is 2.14. The molecule has 0 aromatic heterocycles. The van der Waals surface area contributed by atoms with Gasteiger partial charge in [-0.05, 0) is 55.4 Å². The summed E-state index contributed by atoms with van der Waals surface area (Å²) in [6.45, 7) is 13.8. The Morgan fingerprint density at radius 2 is 1.35 bits per heavy atom. The van der Waals surface area contributed by atoms with Crippen LogP contribution in [0, 0.1) is 0 Å². The van der Waals surface area contributed by atoms with Gasteiger partial charge in [0.05, 0.1) is 0 Å². The molecule has 0 aromatic rings. The molecule has 0 heterocycles. The third kappa shape index (κ3) is 11.4. The van der Waals surface area contributed by atoms with Crippen molar-refractivity contribution in [2.24, 2.45) is 0 Å². The van der Waals surface area contributed by atoms with Crippen LogP contribution in [0.2, 0.25) is 0 Å². The lowest BCUT2D eigenvalue weighted by molar-refractivity contribution is -0.158. The highest BCUT2D eigenvalue weighted by Crippen LogP contribution is 2.09. The monoisotopic (exact) mass is 330 g/mol. The van der Waals surface area contributed by atoms with Crippen molar-refractivity contribution in [3.05, 3.63) is 0 Å². The number of ether oxygens (including phenoxy) is 2. The maximum atomic E-state index is 11.9. The normalized spacial score (nSPS) is 14.4. The van der Waals surface area contributed by atoms with Gasteiger partial charge in [-0.3, -0.25) is 4.79 Å². The molecule has 23 heavy (non-hydrogen) atoms. The fourth-order valence-corrected chi connectivity index (χ4v) is 1.59. The van der Waals surface area contributed by atoms with E-state index in [-0.39, 0.29) is 12.3 Å². The van der Waals surface area contributed by atoms with Crippen LogP contribution < -0.4 is 10.6 Å². The van der Waals surface area contributed by atoms with Gasteiger partial charge in [0.1, 0.15) is 17.2 Å². The van der Waals surface area contributed by atoms with Crippen molar-refractivity contribution >= 4 is 18.0 Å². The maximum absolute atomic E-state index is 11.9. The van der Waals surface area contributed by atoms with Gasteiger partial charge in [-0.15, -0.1) is 0 Å². The van der Waals surface area contributed by atoms with Crippen LogP contribution >= 0.6 is 0 Å². The minimum Gasteiger partial charge on any atom is -0.458 e. The van der Waals surface area contributed by atoms with Gasteiger partial charge in [0.15, 0.2) is 0 Å².